The Labute approximate surface area is 153 Å². The van der Waals surface area contributed by atoms with E-state index in [-0.39, 0.29) is 11.6 Å². The Hall–Kier alpha value is -2.56. The number of carbonyl (C=O) groups excluding carboxylic acids is 2. The molecule has 2 aromatic heterocycles. The summed E-state index contributed by atoms with van der Waals surface area (Å²) in [6, 6.07) is 18.6. The van der Waals surface area contributed by atoms with Crippen molar-refractivity contribution in [2.45, 2.75) is 6.92 Å². The fourth-order valence-electron chi connectivity index (χ4n) is 3.00. The van der Waals surface area contributed by atoms with Crippen LogP contribution in [0.15, 0.2) is 66.0 Å². The molecule has 0 unspecified atom stereocenters. The topological polar surface area (TPSA) is 34.1 Å². The van der Waals surface area contributed by atoms with Crippen LogP contribution < -0.4 is 0 Å². The zero-order valence-corrected chi connectivity index (χ0v) is 15.1. The maximum absolute atomic E-state index is 13.3. The molecule has 0 N–H and O–H groups in total. The van der Waals surface area contributed by atoms with Crippen LogP contribution >= 0.6 is 22.7 Å². The third-order valence-electron chi connectivity index (χ3n) is 4.16. The minimum atomic E-state index is -0.101. The predicted molar refractivity (Wildman–Crippen MR) is 104 cm³/mol. The number of rotatable bonds is 4. The quantitative estimate of drug-likeness (QED) is 0.434. The molecule has 0 aliphatic rings. The molecule has 122 valence electrons. The van der Waals surface area contributed by atoms with Gasteiger partial charge in [0.15, 0.2) is 5.78 Å². The van der Waals surface area contributed by atoms with Gasteiger partial charge in [0.25, 0.3) is 0 Å². The lowest BCUT2D eigenvalue weighted by Gasteiger charge is -2.07. The van der Waals surface area contributed by atoms with E-state index < -0.39 is 0 Å². The third kappa shape index (κ3) is 2.73. The number of aryl methyl sites for hydroxylation is 1. The lowest BCUT2D eigenvalue weighted by atomic mass is 9.94. The maximum Gasteiger partial charge on any atom is 0.203 e. The van der Waals surface area contributed by atoms with E-state index in [9.17, 15) is 9.59 Å². The Kier molecular flexibility index (Phi) is 4.07. The highest BCUT2D eigenvalue weighted by Crippen LogP contribution is 2.33. The maximum atomic E-state index is 13.3. The van der Waals surface area contributed by atoms with Crippen molar-refractivity contribution >= 4 is 44.3 Å². The minimum Gasteiger partial charge on any atom is -0.289 e. The Morgan fingerprint density at radius 2 is 1.48 bits per heavy atom. The van der Waals surface area contributed by atoms with E-state index in [0.717, 1.165) is 15.0 Å². The molecule has 0 aliphatic heterocycles. The van der Waals surface area contributed by atoms with E-state index >= 15 is 0 Å². The molecule has 25 heavy (non-hydrogen) atoms. The second-order valence-corrected chi connectivity index (χ2v) is 7.91. The van der Waals surface area contributed by atoms with Crippen LogP contribution in [0.1, 0.15) is 36.0 Å². The molecule has 0 radical (unpaired) electrons. The van der Waals surface area contributed by atoms with Gasteiger partial charge in [0.2, 0.25) is 5.78 Å². The molecule has 4 heteroatoms. The van der Waals surface area contributed by atoms with Crippen molar-refractivity contribution in [2.24, 2.45) is 0 Å². The normalized spacial score (nSPS) is 10.9. The summed E-state index contributed by atoms with van der Waals surface area (Å²) in [4.78, 5) is 27.7. The van der Waals surface area contributed by atoms with Crippen LogP contribution in [0.4, 0.5) is 0 Å². The molecule has 0 saturated carbocycles. The molecule has 2 aromatic carbocycles. The van der Waals surface area contributed by atoms with Crippen molar-refractivity contribution in [3.63, 3.8) is 0 Å². The predicted octanol–water partition coefficient (Wildman–Crippen LogP) is 5.73. The molecule has 0 saturated heterocycles. The van der Waals surface area contributed by atoms with E-state index in [2.05, 4.69) is 0 Å². The van der Waals surface area contributed by atoms with E-state index in [0.29, 0.717) is 21.6 Å². The summed E-state index contributed by atoms with van der Waals surface area (Å²) >= 11 is 3.00. The molecule has 0 amide bonds. The average molecular weight is 362 g/mol. The van der Waals surface area contributed by atoms with Gasteiger partial charge in [0.1, 0.15) is 0 Å². The second-order valence-electron chi connectivity index (χ2n) is 5.71. The van der Waals surface area contributed by atoms with E-state index in [1.165, 1.54) is 11.3 Å². The van der Waals surface area contributed by atoms with Crippen molar-refractivity contribution in [3.05, 3.63) is 92.5 Å². The monoisotopic (exact) mass is 362 g/mol. The van der Waals surface area contributed by atoms with Crippen molar-refractivity contribution < 1.29 is 9.59 Å². The fourth-order valence-corrected chi connectivity index (χ4v) is 4.74. The van der Waals surface area contributed by atoms with Crippen molar-refractivity contribution in [1.82, 2.24) is 0 Å². The summed E-state index contributed by atoms with van der Waals surface area (Å²) < 4.78 is 1.09. The Bertz CT molecular complexity index is 1090. The molecule has 4 rings (SSSR count). The molecular weight excluding hydrogens is 348 g/mol. The van der Waals surface area contributed by atoms with Crippen molar-refractivity contribution in [2.75, 3.05) is 0 Å². The highest BCUT2D eigenvalue weighted by molar-refractivity contribution is 7.19. The van der Waals surface area contributed by atoms with Gasteiger partial charge in [-0.05, 0) is 24.4 Å². The Morgan fingerprint density at radius 3 is 2.20 bits per heavy atom. The molecule has 0 atom stereocenters. The summed E-state index contributed by atoms with van der Waals surface area (Å²) in [6.45, 7) is 1.96. The lowest BCUT2D eigenvalue weighted by Crippen LogP contribution is -2.10. The SMILES string of the molecule is Cc1sc2ccccc2c1C(=O)c1ccccc1C(=O)c1cccs1. The van der Waals surface area contributed by atoms with Crippen LogP contribution in [0.3, 0.4) is 0 Å². The molecule has 2 nitrogen and oxygen atoms in total. The molecule has 0 fully saturated rings. The van der Waals surface area contributed by atoms with Gasteiger partial charge >= 0.3 is 0 Å². The number of fused-ring (bicyclic) bond motifs is 1. The average Bonchev–Trinajstić information content (AvgIpc) is 3.27. The van der Waals surface area contributed by atoms with Gasteiger partial charge in [-0.1, -0.05) is 48.5 Å². The first-order valence-electron chi connectivity index (χ1n) is 7.87. The molecule has 0 bridgehead atoms. The van der Waals surface area contributed by atoms with Crippen LogP contribution in [-0.4, -0.2) is 11.6 Å². The number of benzene rings is 2. The van der Waals surface area contributed by atoms with Crippen LogP contribution in [0, 0.1) is 6.92 Å². The highest BCUT2D eigenvalue weighted by atomic mass is 32.1. The van der Waals surface area contributed by atoms with Gasteiger partial charge in [-0.15, -0.1) is 22.7 Å². The standard InChI is InChI=1S/C21H14O2S2/c1-13-19(16-9-4-5-10-17(16)25-13)21(23)15-8-3-2-7-14(15)20(22)18-11-6-12-24-18/h2-12H,1H3. The summed E-state index contributed by atoms with van der Waals surface area (Å²) in [7, 11) is 0. The van der Waals surface area contributed by atoms with Crippen LogP contribution in [0.5, 0.6) is 0 Å². The molecule has 2 heterocycles. The van der Waals surface area contributed by atoms with E-state index in [4.69, 9.17) is 0 Å². The first-order valence-corrected chi connectivity index (χ1v) is 9.56. The minimum absolute atomic E-state index is 0.0875. The first-order chi connectivity index (χ1) is 12.2. The first kappa shape index (κ1) is 15.9. The molecule has 0 spiro atoms. The number of thiophene rings is 2. The Balaban J connectivity index is 1.86. The van der Waals surface area contributed by atoms with Crippen LogP contribution in [0.25, 0.3) is 10.1 Å². The summed E-state index contributed by atoms with van der Waals surface area (Å²) in [5, 5.41) is 2.82. The molecule has 4 aromatic rings. The van der Waals surface area contributed by atoms with E-state index in [1.807, 2.05) is 48.7 Å². The van der Waals surface area contributed by atoms with Crippen molar-refractivity contribution in [1.29, 1.82) is 0 Å². The van der Waals surface area contributed by atoms with E-state index in [1.54, 1.807) is 35.6 Å². The third-order valence-corrected chi connectivity index (χ3v) is 6.11. The largest absolute Gasteiger partial charge is 0.289 e. The summed E-state index contributed by atoms with van der Waals surface area (Å²) in [5.74, 6) is -0.188. The zero-order valence-electron chi connectivity index (χ0n) is 13.5. The molecule has 0 aliphatic carbocycles. The number of hydrogen-bond donors (Lipinski definition) is 0. The fraction of sp³-hybridized carbons (Fsp3) is 0.0476. The van der Waals surface area contributed by atoms with Gasteiger partial charge in [0, 0.05) is 31.7 Å². The van der Waals surface area contributed by atoms with Crippen molar-refractivity contribution in [3.8, 4) is 0 Å². The number of hydrogen-bond acceptors (Lipinski definition) is 4. The Morgan fingerprint density at radius 1 is 0.800 bits per heavy atom. The highest BCUT2D eigenvalue weighted by Gasteiger charge is 2.23. The number of ketones is 2. The van der Waals surface area contributed by atoms with Gasteiger partial charge < -0.3 is 0 Å². The zero-order chi connectivity index (χ0) is 17.4. The van der Waals surface area contributed by atoms with Crippen LogP contribution in [-0.2, 0) is 0 Å². The lowest BCUT2D eigenvalue weighted by molar-refractivity contribution is 0.101. The van der Waals surface area contributed by atoms with Gasteiger partial charge in [-0.25, -0.2) is 0 Å². The number of carbonyl (C=O) groups is 2. The smallest absolute Gasteiger partial charge is 0.203 e. The van der Waals surface area contributed by atoms with Crippen LogP contribution in [0.2, 0.25) is 0 Å². The van der Waals surface area contributed by atoms with Gasteiger partial charge in [0.05, 0.1) is 4.88 Å². The summed E-state index contributed by atoms with van der Waals surface area (Å²) in [5.41, 5.74) is 1.63. The summed E-state index contributed by atoms with van der Waals surface area (Å²) in [6.07, 6.45) is 0. The van der Waals surface area contributed by atoms with Gasteiger partial charge in [-0.2, -0.15) is 0 Å². The molecular formula is C21H14O2S2. The second kappa shape index (κ2) is 6.39. The van der Waals surface area contributed by atoms with Gasteiger partial charge in [-0.3, -0.25) is 9.59 Å².